The molecule has 1 rings (SSSR count). The van der Waals surface area contributed by atoms with Gasteiger partial charge in [0.15, 0.2) is 0 Å². The molecule has 60 valence electrons. The van der Waals surface area contributed by atoms with Gasteiger partial charge in [0.25, 0.3) is 0 Å². The molecule has 0 saturated heterocycles. The monoisotopic (exact) mass is 200 g/mol. The largest absolute Gasteiger partial charge is 0.279 e. The lowest BCUT2D eigenvalue weighted by Crippen LogP contribution is -1.95. The van der Waals surface area contributed by atoms with Crippen LogP contribution in [0.2, 0.25) is 10.0 Å². The summed E-state index contributed by atoms with van der Waals surface area (Å²) in [7, 11) is 0. The number of ketones is 1. The minimum atomic E-state index is -0.498. The van der Waals surface area contributed by atoms with Crippen LogP contribution in [-0.4, -0.2) is 5.78 Å². The summed E-state index contributed by atoms with van der Waals surface area (Å²) in [6, 6.07) is 4.70. The van der Waals surface area contributed by atoms with E-state index in [1.807, 2.05) is 0 Å². The highest BCUT2D eigenvalue weighted by molar-refractivity contribution is 6.44. The van der Waals surface area contributed by atoms with E-state index in [2.05, 4.69) is 5.92 Å². The number of hydrogen-bond donors (Lipinski definition) is 0. The minimum Gasteiger partial charge on any atom is -0.279 e. The third-order valence-electron chi connectivity index (χ3n) is 1.31. The molecule has 0 N–H and O–H groups in total. The maximum absolute atomic E-state index is 11.2. The Bertz CT molecular complexity index is 404. The van der Waals surface area contributed by atoms with Crippen molar-refractivity contribution in [1.82, 2.24) is 0 Å². The maximum atomic E-state index is 11.2. The molecule has 0 unspecified atom stereocenters. The van der Waals surface area contributed by atoms with E-state index in [4.69, 9.17) is 24.6 Å². The van der Waals surface area contributed by atoms with Crippen molar-refractivity contribution in [1.29, 1.82) is 0 Å². The normalized spacial score (nSPS) is 9.67. The lowest BCUT2D eigenvalue weighted by atomic mass is 10.1. The van der Waals surface area contributed by atoms with E-state index in [1.54, 1.807) is 18.5 Å². The highest BCUT2D eigenvalue weighted by atomic mass is 35.5. The lowest BCUT2D eigenvalue weighted by Gasteiger charge is -1.99. The van der Waals surface area contributed by atoms with Crippen LogP contribution in [-0.2, 0) is 0 Å². The van der Waals surface area contributed by atoms with Crippen molar-refractivity contribution in [2.24, 2.45) is 0 Å². The fraction of sp³-hybridized carbons (Fsp3) is 0. The zero-order chi connectivity index (χ0) is 9.84. The molecule has 1 aromatic rings. The molecule has 0 aromatic heterocycles. The van der Waals surface area contributed by atoms with Gasteiger partial charge < -0.3 is 0 Å². The van der Waals surface area contributed by atoms with Crippen LogP contribution < -0.4 is 0 Å². The Labute approximate surface area is 81.7 Å². The average Bonchev–Trinajstić information content (AvgIpc) is 2.10. The van der Waals surface area contributed by atoms with Crippen LogP contribution in [0.3, 0.4) is 0 Å². The summed E-state index contributed by atoms with van der Waals surface area (Å²) in [4.78, 5) is 11.2. The van der Waals surface area contributed by atoms with Crippen molar-refractivity contribution in [2.75, 3.05) is 0 Å². The van der Waals surface area contributed by atoms with E-state index in [0.717, 1.165) is 0 Å². The Morgan fingerprint density at radius 3 is 3.00 bits per heavy atom. The highest BCUT2D eigenvalue weighted by Gasteiger charge is 2.09. The topological polar surface area (TPSA) is 17.1 Å². The molecule has 0 atom stereocenters. The van der Waals surface area contributed by atoms with Gasteiger partial charge in [-0.3, -0.25) is 4.79 Å². The summed E-state index contributed by atoms with van der Waals surface area (Å²) >= 11 is 11.4. The quantitative estimate of drug-likeness (QED) is 0.388. The molecule has 0 bridgehead atoms. The molecule has 0 radical (unpaired) electrons. The van der Waals surface area contributed by atoms with Gasteiger partial charge in [-0.05, 0) is 18.1 Å². The number of Topliss-reactive ketones (excluding diaryl/α,β-unsaturated/α-hetero) is 1. The van der Waals surface area contributed by atoms with Gasteiger partial charge in [-0.15, -0.1) is 6.40 Å². The number of rotatable bonds is 1. The molecular formula is C9H4Cl2O. The van der Waals surface area contributed by atoms with E-state index in [0.29, 0.717) is 5.02 Å². The summed E-state index contributed by atoms with van der Waals surface area (Å²) in [6.45, 7) is 0. The summed E-state index contributed by atoms with van der Waals surface area (Å²) in [5, 5.41) is 0.483. The van der Waals surface area contributed by atoms with Gasteiger partial charge in [0, 0.05) is 0 Å². The molecule has 0 aliphatic rings. The second-order valence-electron chi connectivity index (χ2n) is 2.06. The lowest BCUT2D eigenvalue weighted by molar-refractivity contribution is 0.105. The number of carbonyl (C=O) groups is 1. The van der Waals surface area contributed by atoms with Gasteiger partial charge in [-0.2, -0.15) is 0 Å². The first-order valence-electron chi connectivity index (χ1n) is 3.58. The highest BCUT2D eigenvalue weighted by Crippen LogP contribution is 2.25. The summed E-state index contributed by atoms with van der Waals surface area (Å²) in [6.07, 6.45) is 1.76. The molecule has 0 spiro atoms. The number of terminal acetylenes is 1. The van der Waals surface area contributed by atoms with Crippen molar-refractivity contribution in [3.8, 4) is 12.3 Å². The van der Waals surface area contributed by atoms with Crippen molar-refractivity contribution < 1.29 is 6.17 Å². The fourth-order valence-corrected chi connectivity index (χ4v) is 1.13. The van der Waals surface area contributed by atoms with Crippen molar-refractivity contribution in [3.63, 3.8) is 0 Å². The third kappa shape index (κ3) is 1.61. The van der Waals surface area contributed by atoms with Gasteiger partial charge in [-0.1, -0.05) is 29.3 Å². The molecule has 12 heavy (non-hydrogen) atoms. The van der Waals surface area contributed by atoms with Gasteiger partial charge in [-0.25, -0.2) is 0 Å². The maximum Gasteiger partial charge on any atom is 0.237 e. The van der Waals surface area contributed by atoms with Crippen molar-refractivity contribution >= 4 is 29.0 Å². The number of hydrogen-bond acceptors (Lipinski definition) is 1. The van der Waals surface area contributed by atoms with Crippen LogP contribution in [0.15, 0.2) is 18.2 Å². The second kappa shape index (κ2) is 3.62. The summed E-state index contributed by atoms with van der Waals surface area (Å²) in [5.74, 6) is 1.57. The molecule has 0 amide bonds. The third-order valence-corrected chi connectivity index (χ3v) is 2.13. The average molecular weight is 201 g/mol. The van der Waals surface area contributed by atoms with Crippen molar-refractivity contribution in [3.05, 3.63) is 33.8 Å². The zero-order valence-electron chi connectivity index (χ0n) is 6.90. The van der Waals surface area contributed by atoms with Gasteiger partial charge in [0.1, 0.15) is 1.37 Å². The first-order chi connectivity index (χ1) is 6.16. The van der Waals surface area contributed by atoms with Crippen LogP contribution in [0.5, 0.6) is 0 Å². The van der Waals surface area contributed by atoms with E-state index < -0.39 is 5.78 Å². The van der Waals surface area contributed by atoms with Crippen LogP contribution in [0.1, 0.15) is 11.7 Å². The standard InChI is InChI=1S/C9H4Cl2O/c1-2-8(12)6-4-3-5-7(10)9(6)11/h1,3-5H/i1T. The Morgan fingerprint density at radius 2 is 2.33 bits per heavy atom. The zero-order valence-corrected chi connectivity index (χ0v) is 7.41. The van der Waals surface area contributed by atoms with Crippen molar-refractivity contribution in [2.45, 2.75) is 0 Å². The molecule has 0 aliphatic carbocycles. The van der Waals surface area contributed by atoms with Crippen LogP contribution >= 0.6 is 23.2 Å². The molecule has 3 heteroatoms. The number of halogens is 2. The predicted octanol–water partition coefficient (Wildman–Crippen LogP) is 2.81. The van der Waals surface area contributed by atoms with Gasteiger partial charge in [0.2, 0.25) is 5.78 Å². The fourth-order valence-electron chi connectivity index (χ4n) is 0.746. The molecule has 0 heterocycles. The van der Waals surface area contributed by atoms with Crippen LogP contribution in [0.25, 0.3) is 0 Å². The van der Waals surface area contributed by atoms with E-state index in [1.165, 1.54) is 6.07 Å². The minimum absolute atomic E-state index is 0.178. The SMILES string of the molecule is [3H]C#CC(=O)c1cccc(Cl)c1Cl. The van der Waals surface area contributed by atoms with Gasteiger partial charge >= 0.3 is 0 Å². The van der Waals surface area contributed by atoms with Crippen LogP contribution in [0, 0.1) is 12.3 Å². The second-order valence-corrected chi connectivity index (χ2v) is 2.84. The molecular weight excluding hydrogens is 195 g/mol. The van der Waals surface area contributed by atoms with E-state index >= 15 is 0 Å². The number of carbonyl (C=O) groups excluding carboxylic acids is 1. The first-order valence-corrected chi connectivity index (χ1v) is 3.83. The first kappa shape index (κ1) is 7.67. The molecule has 0 saturated carbocycles. The molecule has 0 fully saturated rings. The Hall–Kier alpha value is -0.970. The molecule has 1 aromatic carbocycles. The Morgan fingerprint density at radius 1 is 1.58 bits per heavy atom. The number of benzene rings is 1. The Balaban J connectivity index is 3.20. The van der Waals surface area contributed by atoms with Gasteiger partial charge in [0.05, 0.1) is 15.6 Å². The molecule has 1 nitrogen and oxygen atoms in total. The smallest absolute Gasteiger partial charge is 0.237 e. The van der Waals surface area contributed by atoms with E-state index in [-0.39, 0.29) is 10.6 Å². The van der Waals surface area contributed by atoms with E-state index in [9.17, 15) is 4.79 Å². The van der Waals surface area contributed by atoms with Crippen LogP contribution in [0.4, 0.5) is 0 Å². The summed E-state index contributed by atoms with van der Waals surface area (Å²) in [5.41, 5.74) is 0.230. The Kier molecular flexibility index (Phi) is 2.31. The predicted molar refractivity (Wildman–Crippen MR) is 49.6 cm³/mol. The summed E-state index contributed by atoms with van der Waals surface area (Å²) < 4.78 is 6.55. The molecule has 0 aliphatic heterocycles.